The topological polar surface area (TPSA) is 312 Å². The average Bonchev–Trinajstić information content (AvgIpc) is 3.27. The molecule has 0 spiro atoms. The number of benzene rings is 2. The highest BCUT2D eigenvalue weighted by Crippen LogP contribution is 2.32. The van der Waals surface area contributed by atoms with E-state index in [0.717, 1.165) is 0 Å². The Morgan fingerprint density at radius 1 is 0.688 bits per heavy atom. The van der Waals surface area contributed by atoms with E-state index in [0.29, 0.717) is 106 Å². The van der Waals surface area contributed by atoms with Crippen LogP contribution in [0.3, 0.4) is 0 Å². The van der Waals surface area contributed by atoms with Gasteiger partial charge in [-0.25, -0.2) is 5.26 Å². The molecule has 4 heterocycles. The van der Waals surface area contributed by atoms with Gasteiger partial charge >= 0.3 is 0 Å². The normalized spacial score (nSPS) is 16.2. The number of aliphatic hydroxyl groups is 4. The largest absolute Gasteiger partial charge is 0.395 e. The number of aliphatic hydroxyl groups excluding tert-OH is 4. The lowest BCUT2D eigenvalue weighted by Gasteiger charge is -2.34. The van der Waals surface area contributed by atoms with Gasteiger partial charge in [-0.1, -0.05) is 29.3 Å². The van der Waals surface area contributed by atoms with Crippen LogP contribution in [0.2, 0.25) is 0 Å². The van der Waals surface area contributed by atoms with E-state index in [1.54, 1.807) is 44.2 Å². The Balaban J connectivity index is 1.23. The summed E-state index contributed by atoms with van der Waals surface area (Å²) in [6, 6.07) is 9.37. The number of anilines is 8. The molecule has 348 valence electrons. The van der Waals surface area contributed by atoms with Crippen molar-refractivity contribution in [2.75, 3.05) is 123 Å². The minimum Gasteiger partial charge on any atom is -0.395 e. The molecule has 26 heteroatoms. The molecule has 2 aliphatic rings. The van der Waals surface area contributed by atoms with Gasteiger partial charge in [0.25, 0.3) is 10.1 Å². The smallest absolute Gasteiger partial charge is 0.295 e. The molecule has 2 unspecified atom stereocenters. The van der Waals surface area contributed by atoms with Gasteiger partial charge in [0.15, 0.2) is 0 Å². The molecule has 2 aliphatic heterocycles. The Hall–Kier alpha value is -5.10. The Bertz CT molecular complexity index is 2280. The van der Waals surface area contributed by atoms with Crippen LogP contribution >= 0.6 is 12.0 Å². The summed E-state index contributed by atoms with van der Waals surface area (Å²) in [6.45, 7) is 10.0. The predicted molar refractivity (Wildman–Crippen MR) is 240 cm³/mol. The molecule has 0 amide bonds. The fourth-order valence-corrected chi connectivity index (χ4v) is 7.89. The lowest BCUT2D eigenvalue weighted by Crippen LogP contribution is -2.47. The molecule has 2 atom stereocenters. The van der Waals surface area contributed by atoms with Gasteiger partial charge in [0.1, 0.15) is 4.90 Å². The minimum atomic E-state index is -4.77. The van der Waals surface area contributed by atoms with Gasteiger partial charge in [-0.2, -0.15) is 38.3 Å². The standard InChI is InChI=1S/C38H54N14O10S2/c1-25(55)23-39-33-43-35(47-37(45-33)51-13-9-49(10-14-51)17-19-53)41-29-7-5-27(31(21-29)63-62-61-57)3-4-28-6-8-30(22-32(28)64(58,59)60)42-36-44-34(40-24-26(2)56)46-38(48-36)52-15-11-50(12-16-52)18-20-54/h3-8,21-22,25-26,53-57H,9-20,23-24H2,1-2H3,(H,58,59,60)(H2,39,41,43,45,47)(H2,40,42,44,46,48). The van der Waals surface area contributed by atoms with E-state index in [2.05, 4.69) is 66.0 Å². The van der Waals surface area contributed by atoms with Crippen LogP contribution in [-0.2, 0) is 19.5 Å². The molecule has 0 bridgehead atoms. The summed E-state index contributed by atoms with van der Waals surface area (Å²) < 4.78 is 40.7. The summed E-state index contributed by atoms with van der Waals surface area (Å²) in [4.78, 5) is 35.4. The van der Waals surface area contributed by atoms with Crippen molar-refractivity contribution < 1.29 is 48.0 Å². The number of hydrogen-bond donors (Lipinski definition) is 10. The molecule has 2 aromatic heterocycles. The van der Waals surface area contributed by atoms with Crippen LogP contribution in [0.25, 0.3) is 12.2 Å². The van der Waals surface area contributed by atoms with Crippen molar-refractivity contribution in [3.63, 3.8) is 0 Å². The van der Waals surface area contributed by atoms with E-state index < -0.39 is 27.2 Å². The number of aromatic nitrogens is 6. The first-order chi connectivity index (χ1) is 30.8. The Morgan fingerprint density at radius 2 is 1.14 bits per heavy atom. The Kier molecular flexibility index (Phi) is 17.5. The summed E-state index contributed by atoms with van der Waals surface area (Å²) in [5.41, 5.74) is 1.37. The van der Waals surface area contributed by atoms with Gasteiger partial charge in [-0.3, -0.25) is 14.4 Å². The quantitative estimate of drug-likeness (QED) is 0.0174. The third kappa shape index (κ3) is 14.2. The van der Waals surface area contributed by atoms with Gasteiger partial charge in [0.2, 0.25) is 35.7 Å². The third-order valence-electron chi connectivity index (χ3n) is 9.92. The van der Waals surface area contributed by atoms with Crippen molar-refractivity contribution in [1.29, 1.82) is 0 Å². The molecular weight excluding hydrogens is 877 g/mol. The highest BCUT2D eigenvalue weighted by molar-refractivity contribution is 7.94. The summed E-state index contributed by atoms with van der Waals surface area (Å²) in [7, 11) is -4.77. The first-order valence-electron chi connectivity index (χ1n) is 20.4. The molecule has 2 fully saturated rings. The summed E-state index contributed by atoms with van der Waals surface area (Å²) >= 11 is 0.665. The van der Waals surface area contributed by atoms with Gasteiger partial charge < -0.3 is 51.5 Å². The molecule has 0 radical (unpaired) electrons. The van der Waals surface area contributed by atoms with E-state index in [9.17, 15) is 33.4 Å². The highest BCUT2D eigenvalue weighted by Gasteiger charge is 2.23. The number of hydrogen-bond acceptors (Lipinski definition) is 24. The second-order valence-electron chi connectivity index (χ2n) is 14.9. The first-order valence-corrected chi connectivity index (χ1v) is 22.6. The molecule has 0 saturated carbocycles. The van der Waals surface area contributed by atoms with Crippen LogP contribution in [0.15, 0.2) is 46.2 Å². The summed E-state index contributed by atoms with van der Waals surface area (Å²) in [6.07, 6.45) is 1.70. The lowest BCUT2D eigenvalue weighted by molar-refractivity contribution is -0.432. The minimum absolute atomic E-state index is 0.0538. The van der Waals surface area contributed by atoms with E-state index in [1.807, 2.05) is 9.80 Å². The summed E-state index contributed by atoms with van der Waals surface area (Å²) in [5.74, 6) is 1.46. The Morgan fingerprint density at radius 3 is 1.59 bits per heavy atom. The lowest BCUT2D eigenvalue weighted by atomic mass is 10.1. The van der Waals surface area contributed by atoms with Crippen LogP contribution in [0.4, 0.5) is 47.1 Å². The van der Waals surface area contributed by atoms with E-state index in [4.69, 9.17) is 9.59 Å². The monoisotopic (exact) mass is 930 g/mol. The zero-order chi connectivity index (χ0) is 45.6. The third-order valence-corrected chi connectivity index (χ3v) is 11.5. The molecule has 6 rings (SSSR count). The maximum absolute atomic E-state index is 12.8. The number of nitrogens with one attached hydrogen (secondary N) is 4. The van der Waals surface area contributed by atoms with Crippen LogP contribution in [-0.4, -0.2) is 182 Å². The van der Waals surface area contributed by atoms with Crippen LogP contribution in [0.5, 0.6) is 0 Å². The van der Waals surface area contributed by atoms with Crippen LogP contribution in [0.1, 0.15) is 25.0 Å². The number of β-amino-alcohol motifs (C(OH)–C–C–N with tert-alkyl or cyclic N) is 2. The maximum Gasteiger partial charge on any atom is 0.295 e. The SMILES string of the molecule is CC(O)CNc1nc(Nc2ccc(C=Cc3ccc(Nc4nc(NCC(C)O)nc(N5CCN(CCO)CC5)n4)cc3S(=O)(=O)O)c(SOOO)c2)nc(N2CCN(CCO)CC2)n1. The molecule has 24 nitrogen and oxygen atoms in total. The zero-order valence-electron chi connectivity index (χ0n) is 35.3. The van der Waals surface area contributed by atoms with Crippen LogP contribution < -0.4 is 31.1 Å². The fourth-order valence-electron chi connectivity index (χ4n) is 6.67. The van der Waals surface area contributed by atoms with Crippen molar-refractivity contribution in [3.8, 4) is 0 Å². The molecule has 2 aromatic carbocycles. The number of piperazine rings is 2. The molecule has 0 aliphatic carbocycles. The predicted octanol–water partition coefficient (Wildman–Crippen LogP) is 1.20. The van der Waals surface area contributed by atoms with Crippen molar-refractivity contribution in [2.45, 2.75) is 35.8 Å². The van der Waals surface area contributed by atoms with Crippen molar-refractivity contribution >= 4 is 81.4 Å². The maximum atomic E-state index is 12.8. The fraction of sp³-hybridized carbons (Fsp3) is 0.474. The highest BCUT2D eigenvalue weighted by atomic mass is 32.2. The molecule has 10 N–H and O–H groups in total. The second kappa shape index (κ2) is 23.2. The molecular formula is C38H54N14O10S2. The van der Waals surface area contributed by atoms with Gasteiger partial charge in [-0.15, -0.1) is 4.33 Å². The molecule has 4 aromatic rings. The summed E-state index contributed by atoms with van der Waals surface area (Å²) in [5, 5.41) is 63.5. The number of rotatable bonds is 22. The van der Waals surface area contributed by atoms with Gasteiger partial charge in [-0.05, 0) is 49.2 Å². The van der Waals surface area contributed by atoms with E-state index in [1.165, 1.54) is 18.2 Å². The zero-order valence-corrected chi connectivity index (χ0v) is 36.9. The van der Waals surface area contributed by atoms with Crippen molar-refractivity contribution in [1.82, 2.24) is 39.7 Å². The van der Waals surface area contributed by atoms with Crippen molar-refractivity contribution in [3.05, 3.63) is 47.5 Å². The van der Waals surface area contributed by atoms with E-state index >= 15 is 0 Å². The first kappa shape index (κ1) is 48.4. The number of nitrogens with zero attached hydrogens (tertiary/aromatic N) is 10. The average molecular weight is 931 g/mol. The van der Waals surface area contributed by atoms with Gasteiger partial charge in [0.05, 0.1) is 37.5 Å². The molecule has 64 heavy (non-hydrogen) atoms. The second-order valence-corrected chi connectivity index (χ2v) is 17.1. The van der Waals surface area contributed by atoms with E-state index in [-0.39, 0.29) is 61.3 Å². The van der Waals surface area contributed by atoms with Crippen molar-refractivity contribution in [2.24, 2.45) is 0 Å². The van der Waals surface area contributed by atoms with Gasteiger partial charge in [0, 0.05) is 94.8 Å². The van der Waals surface area contributed by atoms with Crippen LogP contribution in [0, 0.1) is 0 Å². The Labute approximate surface area is 374 Å². The molecule has 2 saturated heterocycles.